The number of nitrogens with one attached hydrogen (secondary N) is 1. The van der Waals surface area contributed by atoms with Gasteiger partial charge in [-0.25, -0.2) is 15.0 Å². The van der Waals surface area contributed by atoms with Gasteiger partial charge in [0.05, 0.1) is 22.9 Å². The van der Waals surface area contributed by atoms with Crippen LogP contribution in [0.25, 0.3) is 16.6 Å². The molecule has 0 unspecified atom stereocenters. The fraction of sp³-hybridized carbons (Fsp3) is 0.250. The summed E-state index contributed by atoms with van der Waals surface area (Å²) in [5, 5.41) is 6.35. The van der Waals surface area contributed by atoms with Crippen LogP contribution in [-0.2, 0) is 6.54 Å². The lowest BCUT2D eigenvalue weighted by atomic mass is 9.94. The zero-order chi connectivity index (χ0) is 26.8. The molecule has 0 spiro atoms. The molecule has 0 atom stereocenters. The van der Waals surface area contributed by atoms with E-state index in [-0.39, 0.29) is 0 Å². The third-order valence-electron chi connectivity index (χ3n) is 7.31. The number of hydrogen-bond acceptors (Lipinski definition) is 6. The number of aromatic nitrogens is 3. The van der Waals surface area contributed by atoms with E-state index < -0.39 is 0 Å². The summed E-state index contributed by atoms with van der Waals surface area (Å²) in [7, 11) is 0. The van der Waals surface area contributed by atoms with E-state index in [1.807, 2.05) is 50.5 Å². The van der Waals surface area contributed by atoms with E-state index in [0.717, 1.165) is 77.5 Å². The predicted molar refractivity (Wildman–Crippen MR) is 158 cm³/mol. The Labute approximate surface area is 229 Å². The minimum absolute atomic E-state index is 0.469. The van der Waals surface area contributed by atoms with Crippen molar-refractivity contribution in [3.63, 3.8) is 0 Å². The smallest absolute Gasteiger partial charge is 0.146 e. The van der Waals surface area contributed by atoms with Gasteiger partial charge in [-0.2, -0.15) is 5.10 Å². The van der Waals surface area contributed by atoms with E-state index in [1.54, 1.807) is 11.2 Å². The van der Waals surface area contributed by atoms with E-state index in [1.165, 1.54) is 5.56 Å². The second-order valence-electron chi connectivity index (χ2n) is 10.4. The first kappa shape index (κ1) is 24.9. The van der Waals surface area contributed by atoms with Crippen molar-refractivity contribution in [3.8, 4) is 0 Å². The Bertz CT molecular complexity index is 1530. The number of hydrazone groups is 1. The summed E-state index contributed by atoms with van der Waals surface area (Å²) >= 11 is 0. The van der Waals surface area contributed by atoms with Crippen LogP contribution in [0.4, 0.5) is 0 Å². The molecule has 2 aromatic carbocycles. The van der Waals surface area contributed by atoms with E-state index in [0.29, 0.717) is 11.7 Å². The zero-order valence-corrected chi connectivity index (χ0v) is 22.5. The lowest BCUT2D eigenvalue weighted by molar-refractivity contribution is 0.202. The zero-order valence-electron chi connectivity index (χ0n) is 22.5. The highest BCUT2D eigenvalue weighted by molar-refractivity contribution is 6.32. The third kappa shape index (κ3) is 5.45. The molecule has 1 fully saturated rings. The molecule has 7 nitrogen and oxygen atoms in total. The number of nitrogens with zero attached hydrogens (tertiary/aromatic N) is 6. The number of allylic oxidation sites excluding steroid dienone is 1. The first-order valence-corrected chi connectivity index (χ1v) is 13.5. The van der Waals surface area contributed by atoms with Gasteiger partial charge >= 0.3 is 0 Å². The molecule has 1 N–H and O–H groups in total. The van der Waals surface area contributed by atoms with Crippen LogP contribution in [0, 0.1) is 0 Å². The molecule has 39 heavy (non-hydrogen) atoms. The summed E-state index contributed by atoms with van der Waals surface area (Å²) in [6, 6.07) is 21.1. The number of rotatable bonds is 6. The molecule has 1 saturated heterocycles. The molecule has 6 rings (SSSR count). The quantitative estimate of drug-likeness (QED) is 0.304. The van der Waals surface area contributed by atoms with Crippen molar-refractivity contribution < 1.29 is 0 Å². The van der Waals surface area contributed by atoms with Crippen LogP contribution >= 0.6 is 0 Å². The van der Waals surface area contributed by atoms with Crippen LogP contribution in [0.2, 0.25) is 0 Å². The van der Waals surface area contributed by atoms with Gasteiger partial charge in [0.2, 0.25) is 0 Å². The number of pyridine rings is 1. The molecule has 0 radical (unpaired) electrons. The van der Waals surface area contributed by atoms with Crippen molar-refractivity contribution in [3.05, 3.63) is 114 Å². The maximum absolute atomic E-state index is 4.89. The van der Waals surface area contributed by atoms with Gasteiger partial charge in [0.15, 0.2) is 0 Å². The number of aliphatic imine (C=N–C) groups is 1. The number of aromatic amines is 1. The van der Waals surface area contributed by atoms with Crippen molar-refractivity contribution in [2.75, 3.05) is 13.1 Å². The molecule has 2 aromatic heterocycles. The van der Waals surface area contributed by atoms with Crippen molar-refractivity contribution in [1.82, 2.24) is 24.9 Å². The number of fused-ring (bicyclic) bond motifs is 1. The summed E-state index contributed by atoms with van der Waals surface area (Å²) < 4.78 is 0. The Morgan fingerprint density at radius 2 is 1.77 bits per heavy atom. The van der Waals surface area contributed by atoms with Gasteiger partial charge in [0.25, 0.3) is 0 Å². The standard InChI is InChI=1S/C32H33N7/c1-22(2)37-39-21-28(25-7-5-4-6-8-25)31(34-23(39)3)26-11-9-24(10-12-26)20-38-17-14-27(15-18-38)32-35-29-13-16-33-19-30(29)36-32/h4-13,16,19,21,27H,3,14-15,17-18,20H2,1-2H3,(H,35,36). The normalized spacial score (nSPS) is 16.8. The second-order valence-corrected chi connectivity index (χ2v) is 10.4. The topological polar surface area (TPSA) is 72.8 Å². The van der Waals surface area contributed by atoms with Crippen LogP contribution in [-0.4, -0.2) is 49.4 Å². The number of imidazole rings is 1. The molecule has 196 valence electrons. The summed E-state index contributed by atoms with van der Waals surface area (Å²) in [5.41, 5.74) is 8.40. The number of benzene rings is 2. The third-order valence-corrected chi connectivity index (χ3v) is 7.31. The predicted octanol–water partition coefficient (Wildman–Crippen LogP) is 6.35. The van der Waals surface area contributed by atoms with Gasteiger partial charge in [-0.05, 0) is 57.0 Å². The Morgan fingerprint density at radius 3 is 2.49 bits per heavy atom. The monoisotopic (exact) mass is 515 g/mol. The fourth-order valence-corrected chi connectivity index (χ4v) is 5.31. The van der Waals surface area contributed by atoms with E-state index in [9.17, 15) is 0 Å². The van der Waals surface area contributed by atoms with Gasteiger partial charge in [0, 0.05) is 41.7 Å². The largest absolute Gasteiger partial charge is 0.340 e. The highest BCUT2D eigenvalue weighted by atomic mass is 15.5. The molecule has 4 heterocycles. The molecule has 4 aromatic rings. The van der Waals surface area contributed by atoms with Crippen molar-refractivity contribution in [2.24, 2.45) is 10.1 Å². The Morgan fingerprint density at radius 1 is 1.00 bits per heavy atom. The molecule has 0 aliphatic carbocycles. The minimum atomic E-state index is 0.469. The van der Waals surface area contributed by atoms with Crippen molar-refractivity contribution in [1.29, 1.82) is 0 Å². The number of H-pyrrole nitrogens is 1. The number of likely N-dealkylation sites (tertiary alicyclic amines) is 1. The molecule has 0 amide bonds. The van der Waals surface area contributed by atoms with E-state index in [4.69, 9.17) is 9.98 Å². The molecule has 0 bridgehead atoms. The molecule has 0 saturated carbocycles. The SMILES string of the molecule is C=C1N=C(c2ccc(CN3CCC(c4nc5ccncc5[nH]4)CC3)cc2)C(c2ccccc2)=CN1N=C(C)C. The first-order valence-electron chi connectivity index (χ1n) is 13.5. The van der Waals surface area contributed by atoms with Crippen LogP contribution < -0.4 is 0 Å². The van der Waals surface area contributed by atoms with Gasteiger partial charge in [0.1, 0.15) is 11.6 Å². The number of piperidine rings is 1. The lowest BCUT2D eigenvalue weighted by Gasteiger charge is -2.31. The average molecular weight is 516 g/mol. The fourth-order valence-electron chi connectivity index (χ4n) is 5.31. The van der Waals surface area contributed by atoms with Crippen molar-refractivity contribution in [2.45, 2.75) is 39.2 Å². The highest BCUT2D eigenvalue weighted by Gasteiger charge is 2.24. The average Bonchev–Trinajstić information content (AvgIpc) is 3.40. The van der Waals surface area contributed by atoms with Crippen LogP contribution in [0.1, 0.15) is 55.1 Å². The highest BCUT2D eigenvalue weighted by Crippen LogP contribution is 2.30. The van der Waals surface area contributed by atoms with Gasteiger partial charge in [-0.3, -0.25) is 9.88 Å². The van der Waals surface area contributed by atoms with Gasteiger partial charge in [-0.15, -0.1) is 0 Å². The van der Waals surface area contributed by atoms with Crippen LogP contribution in [0.5, 0.6) is 0 Å². The summed E-state index contributed by atoms with van der Waals surface area (Å²) in [6.45, 7) is 11.2. The lowest BCUT2D eigenvalue weighted by Crippen LogP contribution is -2.32. The Hall–Kier alpha value is -4.36. The summed E-state index contributed by atoms with van der Waals surface area (Å²) in [4.78, 5) is 19.9. The molecular formula is C32H33N7. The molecule has 7 heteroatoms. The maximum atomic E-state index is 4.89. The molecular weight excluding hydrogens is 482 g/mol. The Kier molecular flexibility index (Phi) is 6.90. The van der Waals surface area contributed by atoms with E-state index >= 15 is 0 Å². The first-order chi connectivity index (χ1) is 19.0. The maximum Gasteiger partial charge on any atom is 0.146 e. The van der Waals surface area contributed by atoms with Crippen LogP contribution in [0.15, 0.2) is 102 Å². The Balaban J connectivity index is 1.14. The molecule has 2 aliphatic rings. The van der Waals surface area contributed by atoms with Gasteiger partial charge in [-0.1, -0.05) is 61.2 Å². The van der Waals surface area contributed by atoms with Gasteiger partial charge < -0.3 is 4.98 Å². The van der Waals surface area contributed by atoms with E-state index in [2.05, 4.69) is 62.9 Å². The van der Waals surface area contributed by atoms with Crippen molar-refractivity contribution >= 4 is 28.0 Å². The summed E-state index contributed by atoms with van der Waals surface area (Å²) in [6.07, 6.45) is 7.89. The summed E-state index contributed by atoms with van der Waals surface area (Å²) in [5.74, 6) is 2.17. The second kappa shape index (κ2) is 10.8. The molecule has 2 aliphatic heterocycles. The number of hydrogen-bond donors (Lipinski definition) is 1. The minimum Gasteiger partial charge on any atom is -0.340 e. The van der Waals surface area contributed by atoms with Crippen LogP contribution in [0.3, 0.4) is 0 Å².